The van der Waals surface area contributed by atoms with Crippen molar-refractivity contribution in [3.63, 3.8) is 0 Å². The second-order valence-electron chi connectivity index (χ2n) is 8.86. The van der Waals surface area contributed by atoms with Crippen LogP contribution in [0.25, 0.3) is 0 Å². The van der Waals surface area contributed by atoms with Gasteiger partial charge in [0.25, 0.3) is 0 Å². The molecule has 2 aliphatic rings. The average molecular weight is 337 g/mol. The van der Waals surface area contributed by atoms with Gasteiger partial charge in [0.15, 0.2) is 0 Å². The Hall–Kier alpha value is -1.02. The molecule has 0 N–H and O–H groups in total. The highest BCUT2D eigenvalue weighted by Crippen LogP contribution is 2.50. The fourth-order valence-corrected chi connectivity index (χ4v) is 5.89. The summed E-state index contributed by atoms with van der Waals surface area (Å²) >= 11 is 0. The Kier molecular flexibility index (Phi) is 6.10. The second kappa shape index (κ2) is 8.12. The zero-order valence-electron chi connectivity index (χ0n) is 16.7. The summed E-state index contributed by atoms with van der Waals surface area (Å²) in [5.41, 5.74) is 3.24. The van der Waals surface area contributed by atoms with Crippen molar-refractivity contribution in [2.24, 2.45) is 0 Å². The molecule has 0 amide bonds. The average Bonchev–Trinajstić information content (AvgIpc) is 3.21. The van der Waals surface area contributed by atoms with E-state index in [1.165, 1.54) is 32.1 Å². The second-order valence-corrected chi connectivity index (χ2v) is 8.86. The van der Waals surface area contributed by atoms with E-state index in [0.717, 1.165) is 12.2 Å². The predicted molar refractivity (Wildman–Crippen MR) is 111 cm³/mol. The normalized spacial score (nSPS) is 23.6. The highest BCUT2D eigenvalue weighted by atomic mass is 15.1. The molecule has 0 radical (unpaired) electrons. The van der Waals surface area contributed by atoms with Gasteiger partial charge in [-0.1, -0.05) is 83.7 Å². The molecule has 1 aromatic rings. The molecule has 1 nitrogen and oxygen atoms in total. The lowest BCUT2D eigenvalue weighted by molar-refractivity contribution is 0.290. The Balaban J connectivity index is 1.99. The first-order chi connectivity index (χ1) is 12.0. The number of rotatable bonds is 7. The van der Waals surface area contributed by atoms with E-state index >= 15 is 0 Å². The Morgan fingerprint density at radius 2 is 1.68 bits per heavy atom. The number of fused-ring (bicyclic) bond motifs is 1. The lowest BCUT2D eigenvalue weighted by Gasteiger charge is -2.42. The quantitative estimate of drug-likeness (QED) is 0.409. The Bertz CT molecular complexity index is 565. The van der Waals surface area contributed by atoms with Gasteiger partial charge >= 0.3 is 0 Å². The number of hydrogen-bond acceptors (Lipinski definition) is 1. The minimum absolute atomic E-state index is 0.608. The molecule has 1 saturated carbocycles. The Morgan fingerprint density at radius 1 is 1.08 bits per heavy atom. The van der Waals surface area contributed by atoms with Crippen molar-refractivity contribution in [3.8, 4) is 0 Å². The van der Waals surface area contributed by atoms with Crippen molar-refractivity contribution in [1.82, 2.24) is 4.81 Å². The molecule has 0 spiro atoms. The Labute approximate surface area is 156 Å². The standard InChI is InChI=1S/C23H36BN/c1-6-11-19-16-23(22-15-10-9-14-21(19)22)24(20-12-7-8-13-20)25(17(2)3)18(4)5/h6,9-10,14-15,17-20,23H,1,7-8,11-13,16H2,2-5H3. The summed E-state index contributed by atoms with van der Waals surface area (Å²) < 4.78 is 0. The van der Waals surface area contributed by atoms with E-state index in [4.69, 9.17) is 0 Å². The van der Waals surface area contributed by atoms with Gasteiger partial charge < -0.3 is 4.81 Å². The van der Waals surface area contributed by atoms with Gasteiger partial charge in [-0.3, -0.25) is 0 Å². The highest BCUT2D eigenvalue weighted by Gasteiger charge is 2.46. The van der Waals surface area contributed by atoms with Gasteiger partial charge in [-0.05, 0) is 53.6 Å². The molecule has 25 heavy (non-hydrogen) atoms. The van der Waals surface area contributed by atoms with E-state index in [9.17, 15) is 0 Å². The molecular weight excluding hydrogens is 301 g/mol. The SMILES string of the molecule is C=CCC1CC(B(C2CCCC2)N(C(C)C)C(C)C)c2ccccc21. The smallest absolute Gasteiger partial charge is 0.234 e. The van der Waals surface area contributed by atoms with E-state index < -0.39 is 0 Å². The van der Waals surface area contributed by atoms with Crippen LogP contribution in [0.3, 0.4) is 0 Å². The number of benzene rings is 1. The van der Waals surface area contributed by atoms with Crippen LogP contribution in [0.4, 0.5) is 0 Å². The van der Waals surface area contributed by atoms with Gasteiger partial charge in [0, 0.05) is 0 Å². The first kappa shape index (κ1) is 18.8. The van der Waals surface area contributed by atoms with E-state index in [-0.39, 0.29) is 0 Å². The summed E-state index contributed by atoms with van der Waals surface area (Å²) in [7, 11) is 0. The van der Waals surface area contributed by atoms with Crippen LogP contribution < -0.4 is 0 Å². The van der Waals surface area contributed by atoms with Crippen molar-refractivity contribution in [1.29, 1.82) is 0 Å². The van der Waals surface area contributed by atoms with Crippen LogP contribution in [-0.2, 0) is 0 Å². The van der Waals surface area contributed by atoms with Crippen molar-refractivity contribution in [3.05, 3.63) is 48.0 Å². The van der Waals surface area contributed by atoms with E-state index in [2.05, 4.69) is 69.4 Å². The monoisotopic (exact) mass is 337 g/mol. The first-order valence-corrected chi connectivity index (χ1v) is 10.5. The van der Waals surface area contributed by atoms with Crippen LogP contribution in [0.1, 0.15) is 89.1 Å². The maximum Gasteiger partial charge on any atom is 0.234 e. The molecule has 0 aromatic heterocycles. The molecule has 0 saturated heterocycles. The van der Waals surface area contributed by atoms with Gasteiger partial charge in [0.05, 0.1) is 0 Å². The third-order valence-corrected chi connectivity index (χ3v) is 6.66. The molecule has 2 aliphatic carbocycles. The summed E-state index contributed by atoms with van der Waals surface area (Å²) in [5.74, 6) is 2.23. The summed E-state index contributed by atoms with van der Waals surface area (Å²) in [4.78, 5) is 2.84. The molecular formula is C23H36BN. The number of nitrogens with zero attached hydrogens (tertiary/aromatic N) is 1. The maximum absolute atomic E-state index is 4.03. The molecule has 0 bridgehead atoms. The van der Waals surface area contributed by atoms with E-state index in [1.54, 1.807) is 11.1 Å². The largest absolute Gasteiger partial charge is 0.337 e. The van der Waals surface area contributed by atoms with Crippen LogP contribution in [0.5, 0.6) is 0 Å². The minimum atomic E-state index is 0.608. The number of allylic oxidation sites excluding steroid dienone is 1. The molecule has 2 heteroatoms. The molecule has 136 valence electrons. The summed E-state index contributed by atoms with van der Waals surface area (Å²) in [6.45, 7) is 14.3. The van der Waals surface area contributed by atoms with E-state index in [1.807, 2.05) is 0 Å². The summed E-state index contributed by atoms with van der Waals surface area (Å²) in [6.07, 6.45) is 10.2. The van der Waals surface area contributed by atoms with Gasteiger partial charge in [0.2, 0.25) is 6.85 Å². The van der Waals surface area contributed by atoms with Gasteiger partial charge in [-0.25, -0.2) is 0 Å². The van der Waals surface area contributed by atoms with Crippen molar-refractivity contribution in [2.45, 2.75) is 95.9 Å². The lowest BCUT2D eigenvalue weighted by atomic mass is 9.39. The lowest BCUT2D eigenvalue weighted by Crippen LogP contribution is -2.53. The molecule has 3 rings (SSSR count). The maximum atomic E-state index is 4.03. The van der Waals surface area contributed by atoms with Crippen LogP contribution in [-0.4, -0.2) is 23.7 Å². The third-order valence-electron chi connectivity index (χ3n) is 6.66. The number of hydrogen-bond donors (Lipinski definition) is 0. The topological polar surface area (TPSA) is 3.24 Å². The molecule has 0 heterocycles. The van der Waals surface area contributed by atoms with Gasteiger partial charge in [0.1, 0.15) is 0 Å². The van der Waals surface area contributed by atoms with Crippen molar-refractivity contribution >= 4 is 6.85 Å². The fourth-order valence-electron chi connectivity index (χ4n) is 5.89. The minimum Gasteiger partial charge on any atom is -0.337 e. The van der Waals surface area contributed by atoms with Crippen LogP contribution in [0.2, 0.25) is 5.82 Å². The molecule has 0 aliphatic heterocycles. The predicted octanol–water partition coefficient (Wildman–Crippen LogP) is 6.43. The molecule has 1 fully saturated rings. The molecule has 2 atom stereocenters. The fraction of sp³-hybridized carbons (Fsp3) is 0.652. The third kappa shape index (κ3) is 3.75. The van der Waals surface area contributed by atoms with Crippen LogP contribution in [0.15, 0.2) is 36.9 Å². The highest BCUT2D eigenvalue weighted by molar-refractivity contribution is 6.59. The van der Waals surface area contributed by atoms with Crippen LogP contribution >= 0.6 is 0 Å². The zero-order chi connectivity index (χ0) is 18.0. The first-order valence-electron chi connectivity index (χ1n) is 10.5. The van der Waals surface area contributed by atoms with Gasteiger partial charge in [-0.2, -0.15) is 0 Å². The van der Waals surface area contributed by atoms with Crippen molar-refractivity contribution < 1.29 is 0 Å². The summed E-state index contributed by atoms with van der Waals surface area (Å²) in [6, 6.07) is 10.5. The van der Waals surface area contributed by atoms with Gasteiger partial charge in [-0.15, -0.1) is 6.58 Å². The van der Waals surface area contributed by atoms with Crippen LogP contribution in [0, 0.1) is 0 Å². The van der Waals surface area contributed by atoms with Crippen molar-refractivity contribution in [2.75, 3.05) is 0 Å². The van der Waals surface area contributed by atoms with E-state index in [0.29, 0.717) is 30.7 Å². The molecule has 2 unspecified atom stereocenters. The molecule has 1 aromatic carbocycles. The summed E-state index contributed by atoms with van der Waals surface area (Å²) in [5, 5.41) is 0. The Morgan fingerprint density at radius 3 is 2.24 bits per heavy atom. The zero-order valence-corrected chi connectivity index (χ0v) is 16.7.